The van der Waals surface area contributed by atoms with Crippen LogP contribution in [0.5, 0.6) is 5.75 Å². The number of ether oxygens (including phenoxy) is 2. The van der Waals surface area contributed by atoms with Gasteiger partial charge in [0.15, 0.2) is 0 Å². The molecule has 0 amide bonds. The van der Waals surface area contributed by atoms with Crippen molar-refractivity contribution in [2.24, 2.45) is 0 Å². The van der Waals surface area contributed by atoms with E-state index in [-0.39, 0.29) is 5.97 Å². The molecule has 0 bridgehead atoms. The molecular formula is C24H28BrNO3. The van der Waals surface area contributed by atoms with E-state index in [4.69, 9.17) is 9.47 Å². The zero-order chi connectivity index (χ0) is 20.8. The first-order chi connectivity index (χ1) is 14.0. The first kappa shape index (κ1) is 21.4. The average Bonchev–Trinajstić information content (AvgIpc) is 2.99. The molecule has 0 aliphatic rings. The number of methoxy groups -OCH3 is 2. The summed E-state index contributed by atoms with van der Waals surface area (Å²) in [5.74, 6) is 0.752. The summed E-state index contributed by atoms with van der Waals surface area (Å²) in [5.41, 5.74) is 5.17. The van der Waals surface area contributed by atoms with Crippen LogP contribution in [-0.4, -0.2) is 24.8 Å². The van der Waals surface area contributed by atoms with Crippen molar-refractivity contribution >= 4 is 32.8 Å². The number of fused-ring (bicyclic) bond motifs is 1. The lowest BCUT2D eigenvalue weighted by Gasteiger charge is -2.10. The van der Waals surface area contributed by atoms with Crippen molar-refractivity contribution in [3.63, 3.8) is 0 Å². The van der Waals surface area contributed by atoms with Gasteiger partial charge in [-0.2, -0.15) is 0 Å². The van der Waals surface area contributed by atoms with E-state index in [1.54, 1.807) is 7.11 Å². The second-order valence-corrected chi connectivity index (χ2v) is 8.21. The summed E-state index contributed by atoms with van der Waals surface area (Å²) in [5, 5.41) is 1.26. The van der Waals surface area contributed by atoms with Gasteiger partial charge in [0.05, 0.1) is 14.2 Å². The molecule has 0 fully saturated rings. The molecule has 2 aromatic carbocycles. The number of benzene rings is 2. The molecule has 0 unspecified atom stereocenters. The predicted molar refractivity (Wildman–Crippen MR) is 121 cm³/mol. The van der Waals surface area contributed by atoms with E-state index in [0.29, 0.717) is 6.42 Å². The fraction of sp³-hybridized carbons (Fsp3) is 0.375. The molecule has 1 heterocycles. The normalized spacial score (nSPS) is 11.0. The SMILES string of the molecule is COC(=O)CCCCCc1c(C)n(Cc2ccc(Br)cc2)c2ccc(OC)cc12. The molecule has 0 spiro atoms. The molecule has 0 aliphatic carbocycles. The van der Waals surface area contributed by atoms with Crippen LogP contribution in [0.3, 0.4) is 0 Å². The number of nitrogens with zero attached hydrogens (tertiary/aromatic N) is 1. The summed E-state index contributed by atoms with van der Waals surface area (Å²) in [6.45, 7) is 3.04. The smallest absolute Gasteiger partial charge is 0.305 e. The number of unbranched alkanes of at least 4 members (excludes halogenated alkanes) is 2. The molecule has 0 radical (unpaired) electrons. The first-order valence-corrected chi connectivity index (χ1v) is 10.8. The fourth-order valence-electron chi connectivity index (χ4n) is 3.80. The minimum absolute atomic E-state index is 0.128. The number of esters is 1. The van der Waals surface area contributed by atoms with E-state index in [1.807, 2.05) is 6.07 Å². The number of carbonyl (C=O) groups is 1. The molecule has 5 heteroatoms. The van der Waals surface area contributed by atoms with Gasteiger partial charge in [-0.25, -0.2) is 0 Å². The van der Waals surface area contributed by atoms with Gasteiger partial charge in [-0.1, -0.05) is 34.5 Å². The Bertz CT molecular complexity index is 976. The molecule has 3 aromatic rings. The van der Waals surface area contributed by atoms with Crippen molar-refractivity contribution in [1.82, 2.24) is 4.57 Å². The lowest BCUT2D eigenvalue weighted by atomic mass is 10.0. The molecule has 0 saturated heterocycles. The van der Waals surface area contributed by atoms with Gasteiger partial charge >= 0.3 is 5.97 Å². The molecule has 29 heavy (non-hydrogen) atoms. The van der Waals surface area contributed by atoms with Gasteiger partial charge in [-0.15, -0.1) is 0 Å². The van der Waals surface area contributed by atoms with E-state index in [1.165, 1.54) is 34.8 Å². The van der Waals surface area contributed by atoms with Crippen molar-refractivity contribution in [3.8, 4) is 5.75 Å². The van der Waals surface area contributed by atoms with Gasteiger partial charge in [0, 0.05) is 34.0 Å². The monoisotopic (exact) mass is 457 g/mol. The van der Waals surface area contributed by atoms with Crippen LogP contribution >= 0.6 is 15.9 Å². The van der Waals surface area contributed by atoms with Crippen LogP contribution in [0, 0.1) is 6.92 Å². The molecule has 4 nitrogen and oxygen atoms in total. The maximum Gasteiger partial charge on any atom is 0.305 e. The third-order valence-electron chi connectivity index (χ3n) is 5.45. The van der Waals surface area contributed by atoms with Crippen molar-refractivity contribution in [1.29, 1.82) is 0 Å². The second-order valence-electron chi connectivity index (χ2n) is 7.30. The maximum atomic E-state index is 11.3. The third-order valence-corrected chi connectivity index (χ3v) is 5.98. The predicted octanol–water partition coefficient (Wildman–Crippen LogP) is 6.05. The highest BCUT2D eigenvalue weighted by Crippen LogP contribution is 2.31. The lowest BCUT2D eigenvalue weighted by molar-refractivity contribution is -0.140. The second kappa shape index (κ2) is 9.97. The summed E-state index contributed by atoms with van der Waals surface area (Å²) in [6, 6.07) is 14.8. The van der Waals surface area contributed by atoms with Gasteiger partial charge < -0.3 is 14.0 Å². The standard InChI is InChI=1S/C24H28BrNO3/c1-17-21(7-5-4-6-8-24(27)29-3)22-15-20(28-2)13-14-23(22)26(17)16-18-9-11-19(25)12-10-18/h9-15H,4-8,16H2,1-3H3. The largest absolute Gasteiger partial charge is 0.497 e. The Labute approximate surface area is 180 Å². The van der Waals surface area contributed by atoms with Crippen LogP contribution in [0.2, 0.25) is 0 Å². The van der Waals surface area contributed by atoms with Gasteiger partial charge in [0.2, 0.25) is 0 Å². The Morgan fingerprint density at radius 1 is 1.03 bits per heavy atom. The molecule has 0 N–H and O–H groups in total. The minimum Gasteiger partial charge on any atom is -0.497 e. The molecule has 3 rings (SSSR count). The van der Waals surface area contributed by atoms with E-state index in [0.717, 1.165) is 42.5 Å². The summed E-state index contributed by atoms with van der Waals surface area (Å²) in [4.78, 5) is 11.3. The van der Waals surface area contributed by atoms with Gasteiger partial charge in [0.25, 0.3) is 0 Å². The Morgan fingerprint density at radius 3 is 2.48 bits per heavy atom. The zero-order valence-corrected chi connectivity index (χ0v) is 18.9. The molecule has 0 atom stereocenters. The van der Waals surface area contributed by atoms with Gasteiger partial charge in [0.1, 0.15) is 5.75 Å². The van der Waals surface area contributed by atoms with Crippen molar-refractivity contribution in [2.45, 2.75) is 45.6 Å². The van der Waals surface area contributed by atoms with Gasteiger partial charge in [-0.05, 0) is 67.6 Å². The van der Waals surface area contributed by atoms with Crippen LogP contribution in [0.15, 0.2) is 46.9 Å². The fourth-order valence-corrected chi connectivity index (χ4v) is 4.06. The highest BCUT2D eigenvalue weighted by Gasteiger charge is 2.15. The van der Waals surface area contributed by atoms with E-state index < -0.39 is 0 Å². The molecule has 1 aromatic heterocycles. The summed E-state index contributed by atoms with van der Waals surface area (Å²) in [6.07, 6.45) is 4.41. The van der Waals surface area contributed by atoms with Gasteiger partial charge in [-0.3, -0.25) is 4.79 Å². The molecule has 0 aliphatic heterocycles. The number of rotatable bonds is 9. The number of halogens is 1. The Kier molecular flexibility index (Phi) is 7.37. The topological polar surface area (TPSA) is 40.5 Å². The van der Waals surface area contributed by atoms with Crippen LogP contribution in [0.25, 0.3) is 10.9 Å². The highest BCUT2D eigenvalue weighted by atomic mass is 79.9. The maximum absolute atomic E-state index is 11.3. The highest BCUT2D eigenvalue weighted by molar-refractivity contribution is 9.10. The minimum atomic E-state index is -0.128. The number of carbonyl (C=O) groups excluding carboxylic acids is 1. The molecular weight excluding hydrogens is 430 g/mol. The van der Waals surface area contributed by atoms with Crippen molar-refractivity contribution < 1.29 is 14.3 Å². The number of hydrogen-bond donors (Lipinski definition) is 0. The number of aromatic nitrogens is 1. The van der Waals surface area contributed by atoms with Crippen molar-refractivity contribution in [2.75, 3.05) is 14.2 Å². The summed E-state index contributed by atoms with van der Waals surface area (Å²) in [7, 11) is 3.15. The number of aryl methyl sites for hydroxylation is 1. The van der Waals surface area contributed by atoms with E-state index in [9.17, 15) is 4.79 Å². The van der Waals surface area contributed by atoms with Crippen LogP contribution < -0.4 is 4.74 Å². The Balaban J connectivity index is 1.84. The Hall–Kier alpha value is -2.27. The van der Waals surface area contributed by atoms with Crippen LogP contribution in [0.4, 0.5) is 0 Å². The summed E-state index contributed by atoms with van der Waals surface area (Å²) < 4.78 is 13.7. The van der Waals surface area contributed by atoms with Crippen LogP contribution in [-0.2, 0) is 22.5 Å². The average molecular weight is 458 g/mol. The number of hydrogen-bond acceptors (Lipinski definition) is 3. The first-order valence-electron chi connectivity index (χ1n) is 10.0. The van der Waals surface area contributed by atoms with Crippen molar-refractivity contribution in [3.05, 3.63) is 63.8 Å². The lowest BCUT2D eigenvalue weighted by Crippen LogP contribution is -2.02. The van der Waals surface area contributed by atoms with Crippen LogP contribution in [0.1, 0.15) is 42.5 Å². The zero-order valence-electron chi connectivity index (χ0n) is 17.3. The molecule has 0 saturated carbocycles. The third kappa shape index (κ3) is 5.21. The molecule has 154 valence electrons. The Morgan fingerprint density at radius 2 is 1.79 bits per heavy atom. The summed E-state index contributed by atoms with van der Waals surface area (Å²) >= 11 is 3.51. The van der Waals surface area contributed by atoms with E-state index >= 15 is 0 Å². The quantitative estimate of drug-likeness (QED) is 0.290. The van der Waals surface area contributed by atoms with E-state index in [2.05, 4.69) is 63.8 Å².